The van der Waals surface area contributed by atoms with E-state index in [2.05, 4.69) is 4.98 Å². The molecule has 2 aromatic heterocycles. The smallest absolute Gasteiger partial charge is 0.352 e. The van der Waals surface area contributed by atoms with Crippen LogP contribution in [0.4, 0.5) is 0 Å². The van der Waals surface area contributed by atoms with Crippen LogP contribution in [0, 0.1) is 0 Å². The molecule has 0 fully saturated rings. The molecule has 17 heavy (non-hydrogen) atoms. The van der Waals surface area contributed by atoms with Crippen LogP contribution in [0.2, 0.25) is 0 Å². The first-order valence-electron chi connectivity index (χ1n) is 5.15. The van der Waals surface area contributed by atoms with Gasteiger partial charge in [-0.3, -0.25) is 0 Å². The van der Waals surface area contributed by atoms with Gasteiger partial charge < -0.3 is 10.1 Å². The summed E-state index contributed by atoms with van der Waals surface area (Å²) in [4.78, 5) is 14.8. The largest absolute Gasteiger partial charge is 0.477 e. The minimum Gasteiger partial charge on any atom is -0.477 e. The Kier molecular flexibility index (Phi) is 2.23. The molecule has 3 nitrogen and oxygen atoms in total. The van der Waals surface area contributed by atoms with Crippen molar-refractivity contribution >= 4 is 27.4 Å². The van der Waals surface area contributed by atoms with Crippen LogP contribution in [0.1, 0.15) is 10.5 Å². The second-order valence-electron chi connectivity index (χ2n) is 3.72. The molecule has 0 aliphatic heterocycles. The molecule has 0 atom stereocenters. The lowest BCUT2D eigenvalue weighted by atomic mass is 10.2. The zero-order valence-corrected chi connectivity index (χ0v) is 9.62. The molecule has 0 radical (unpaired) electrons. The third-order valence-corrected chi connectivity index (χ3v) is 3.80. The van der Waals surface area contributed by atoms with Gasteiger partial charge in [0.2, 0.25) is 0 Å². The second-order valence-corrected chi connectivity index (χ2v) is 4.80. The number of benzene rings is 1. The lowest BCUT2D eigenvalue weighted by molar-refractivity contribution is 0.0692. The number of fused-ring (bicyclic) bond motifs is 1. The first-order chi connectivity index (χ1) is 8.25. The summed E-state index contributed by atoms with van der Waals surface area (Å²) in [5.41, 5.74) is 0.996. The molecule has 0 amide bonds. The number of carbonyl (C=O) groups is 1. The number of carboxylic acid groups (broad SMARTS) is 1. The first-order valence-corrected chi connectivity index (χ1v) is 5.97. The molecular formula is C13H9NO2S. The van der Waals surface area contributed by atoms with Crippen molar-refractivity contribution in [3.05, 3.63) is 48.3 Å². The molecule has 3 aromatic rings. The Labute approximate surface area is 101 Å². The highest BCUT2D eigenvalue weighted by Crippen LogP contribution is 2.34. The Balaban J connectivity index is 2.20. The number of aromatic carboxylic acids is 1. The van der Waals surface area contributed by atoms with Crippen LogP contribution in [-0.2, 0) is 0 Å². The van der Waals surface area contributed by atoms with Crippen LogP contribution in [0.5, 0.6) is 0 Å². The minimum absolute atomic E-state index is 0.247. The average Bonchev–Trinajstić information content (AvgIpc) is 2.95. The van der Waals surface area contributed by atoms with E-state index >= 15 is 0 Å². The number of rotatable bonds is 2. The van der Waals surface area contributed by atoms with Crippen molar-refractivity contribution in [1.29, 1.82) is 0 Å². The lowest BCUT2D eigenvalue weighted by Gasteiger charge is -1.94. The molecule has 0 unspecified atom stereocenters. The Hall–Kier alpha value is -2.07. The molecule has 4 heteroatoms. The van der Waals surface area contributed by atoms with Gasteiger partial charge in [0.25, 0.3) is 0 Å². The molecule has 0 spiro atoms. The van der Waals surface area contributed by atoms with E-state index in [1.165, 1.54) is 4.70 Å². The van der Waals surface area contributed by atoms with Crippen molar-refractivity contribution in [2.24, 2.45) is 0 Å². The lowest BCUT2D eigenvalue weighted by Crippen LogP contribution is -1.97. The zero-order valence-electron chi connectivity index (χ0n) is 8.81. The molecule has 84 valence electrons. The van der Waals surface area contributed by atoms with Crippen LogP contribution in [0.3, 0.4) is 0 Å². The maximum atomic E-state index is 11.0. The van der Waals surface area contributed by atoms with E-state index in [0.717, 1.165) is 15.8 Å². The highest BCUT2D eigenvalue weighted by molar-refractivity contribution is 7.22. The fourth-order valence-electron chi connectivity index (χ4n) is 1.87. The summed E-state index contributed by atoms with van der Waals surface area (Å²) in [6.07, 6.45) is 1.66. The molecule has 1 aromatic carbocycles. The van der Waals surface area contributed by atoms with Gasteiger partial charge in [-0.15, -0.1) is 11.3 Å². The number of hydrogen-bond donors (Lipinski definition) is 2. The zero-order chi connectivity index (χ0) is 11.8. The van der Waals surface area contributed by atoms with E-state index in [1.54, 1.807) is 23.6 Å². The SMILES string of the molecule is O=C(O)c1[nH]ccc1-c1cc2ccccc2s1. The summed E-state index contributed by atoms with van der Waals surface area (Å²) in [5, 5.41) is 10.2. The van der Waals surface area contributed by atoms with Crippen molar-refractivity contribution in [1.82, 2.24) is 4.98 Å². The molecule has 0 aliphatic carbocycles. The van der Waals surface area contributed by atoms with Crippen LogP contribution in [0.25, 0.3) is 20.5 Å². The maximum Gasteiger partial charge on any atom is 0.352 e. The number of carboxylic acids is 1. The average molecular weight is 243 g/mol. The van der Waals surface area contributed by atoms with Crippen LogP contribution < -0.4 is 0 Å². The van der Waals surface area contributed by atoms with Crippen molar-refractivity contribution in [3.63, 3.8) is 0 Å². The van der Waals surface area contributed by atoms with E-state index in [1.807, 2.05) is 30.3 Å². The fourth-order valence-corrected chi connectivity index (χ4v) is 2.96. The quantitative estimate of drug-likeness (QED) is 0.722. The number of nitrogens with one attached hydrogen (secondary N) is 1. The van der Waals surface area contributed by atoms with E-state index in [0.29, 0.717) is 0 Å². The van der Waals surface area contributed by atoms with Crippen molar-refractivity contribution < 1.29 is 9.90 Å². The number of aromatic amines is 1. The molecule has 0 bridgehead atoms. The fraction of sp³-hybridized carbons (Fsp3) is 0. The Morgan fingerprint density at radius 2 is 2.06 bits per heavy atom. The van der Waals surface area contributed by atoms with Gasteiger partial charge in [0.05, 0.1) is 0 Å². The molecular weight excluding hydrogens is 234 g/mol. The Morgan fingerprint density at radius 3 is 2.82 bits per heavy atom. The van der Waals surface area contributed by atoms with E-state index in [9.17, 15) is 4.79 Å². The Morgan fingerprint density at radius 1 is 1.24 bits per heavy atom. The summed E-state index contributed by atoms with van der Waals surface area (Å²) in [6, 6.07) is 11.9. The molecule has 2 N–H and O–H groups in total. The summed E-state index contributed by atoms with van der Waals surface area (Å²) in [5.74, 6) is -0.928. The summed E-state index contributed by atoms with van der Waals surface area (Å²) < 4.78 is 1.17. The number of H-pyrrole nitrogens is 1. The summed E-state index contributed by atoms with van der Waals surface area (Å²) in [6.45, 7) is 0. The molecule has 2 heterocycles. The number of aromatic nitrogens is 1. The van der Waals surface area contributed by atoms with E-state index in [-0.39, 0.29) is 5.69 Å². The maximum absolute atomic E-state index is 11.0. The molecule has 0 saturated carbocycles. The number of thiophene rings is 1. The van der Waals surface area contributed by atoms with Gasteiger partial charge in [-0.05, 0) is 23.6 Å². The van der Waals surface area contributed by atoms with Crippen LogP contribution in [-0.4, -0.2) is 16.1 Å². The third kappa shape index (κ3) is 1.62. The Bertz CT molecular complexity index is 663. The van der Waals surface area contributed by atoms with E-state index in [4.69, 9.17) is 5.11 Å². The standard InChI is InChI=1S/C13H9NO2S/c15-13(16)12-9(5-6-14-12)11-7-8-3-1-2-4-10(8)17-11/h1-7,14H,(H,15,16). The number of hydrogen-bond acceptors (Lipinski definition) is 2. The van der Waals surface area contributed by atoms with Gasteiger partial charge >= 0.3 is 5.97 Å². The van der Waals surface area contributed by atoms with E-state index < -0.39 is 5.97 Å². The van der Waals surface area contributed by atoms with Gasteiger partial charge in [0, 0.05) is 21.3 Å². The summed E-state index contributed by atoms with van der Waals surface area (Å²) >= 11 is 1.60. The predicted octanol–water partition coefficient (Wildman–Crippen LogP) is 3.59. The second kappa shape index (κ2) is 3.75. The monoisotopic (exact) mass is 243 g/mol. The summed E-state index contributed by atoms with van der Waals surface area (Å²) in [7, 11) is 0. The van der Waals surface area contributed by atoms with Gasteiger partial charge in [-0.25, -0.2) is 4.79 Å². The normalized spacial score (nSPS) is 10.8. The van der Waals surface area contributed by atoms with Gasteiger partial charge in [-0.1, -0.05) is 18.2 Å². The van der Waals surface area contributed by atoms with Crippen LogP contribution in [0.15, 0.2) is 42.6 Å². The molecule has 3 rings (SSSR count). The minimum atomic E-state index is -0.928. The van der Waals surface area contributed by atoms with Crippen molar-refractivity contribution in [3.8, 4) is 10.4 Å². The van der Waals surface area contributed by atoms with Gasteiger partial charge in [0.1, 0.15) is 5.69 Å². The first kappa shape index (κ1) is 10.1. The van der Waals surface area contributed by atoms with Crippen molar-refractivity contribution in [2.45, 2.75) is 0 Å². The topological polar surface area (TPSA) is 53.1 Å². The predicted molar refractivity (Wildman–Crippen MR) is 68.6 cm³/mol. The van der Waals surface area contributed by atoms with Crippen molar-refractivity contribution in [2.75, 3.05) is 0 Å². The van der Waals surface area contributed by atoms with Crippen LogP contribution >= 0.6 is 11.3 Å². The molecule has 0 aliphatic rings. The molecule has 0 saturated heterocycles. The third-order valence-electron chi connectivity index (χ3n) is 2.65. The highest BCUT2D eigenvalue weighted by atomic mass is 32.1. The van der Waals surface area contributed by atoms with Gasteiger partial charge in [0.15, 0.2) is 0 Å². The highest BCUT2D eigenvalue weighted by Gasteiger charge is 2.14. The van der Waals surface area contributed by atoms with Gasteiger partial charge in [-0.2, -0.15) is 0 Å².